The van der Waals surface area contributed by atoms with E-state index in [1.807, 2.05) is 30.6 Å². The monoisotopic (exact) mass is 266 g/mol. The number of aromatic amines is 2. The van der Waals surface area contributed by atoms with Crippen LogP contribution in [-0.2, 0) is 0 Å². The first kappa shape index (κ1) is 10.7. The van der Waals surface area contributed by atoms with Crippen molar-refractivity contribution in [2.75, 3.05) is 0 Å². The maximum atomic E-state index is 6.21. The zero-order chi connectivity index (χ0) is 12.8. The Morgan fingerprint density at radius 1 is 0.737 bits per heavy atom. The highest BCUT2D eigenvalue weighted by Gasteiger charge is 2.11. The van der Waals surface area contributed by atoms with Crippen molar-refractivity contribution in [3.05, 3.63) is 59.9 Å². The highest BCUT2D eigenvalue weighted by molar-refractivity contribution is 6.35. The number of H-pyrrole nitrogens is 2. The number of hydrogen-bond acceptors (Lipinski definition) is 0. The van der Waals surface area contributed by atoms with Gasteiger partial charge in [0, 0.05) is 39.8 Å². The Kier molecular flexibility index (Phi) is 2.20. The fourth-order valence-electron chi connectivity index (χ4n) is 2.63. The van der Waals surface area contributed by atoms with E-state index in [4.69, 9.17) is 11.6 Å². The lowest BCUT2D eigenvalue weighted by atomic mass is 10.0. The number of nitrogens with one attached hydrogen (secondary N) is 2. The molecule has 0 atom stereocenters. The summed E-state index contributed by atoms with van der Waals surface area (Å²) in [5.74, 6) is 0. The van der Waals surface area contributed by atoms with E-state index in [2.05, 4.69) is 34.2 Å². The van der Waals surface area contributed by atoms with Crippen molar-refractivity contribution in [2.24, 2.45) is 0 Å². The molecule has 0 spiro atoms. The van der Waals surface area contributed by atoms with Gasteiger partial charge in [-0.15, -0.1) is 0 Å². The molecule has 2 nitrogen and oxygen atoms in total. The zero-order valence-corrected chi connectivity index (χ0v) is 10.8. The Morgan fingerprint density at radius 3 is 2.42 bits per heavy atom. The first-order valence-corrected chi connectivity index (χ1v) is 6.54. The molecule has 0 saturated carbocycles. The number of hydrogen-bond donors (Lipinski definition) is 2. The summed E-state index contributed by atoms with van der Waals surface area (Å²) in [6, 6.07) is 14.3. The second-order valence-electron chi connectivity index (χ2n) is 4.61. The van der Waals surface area contributed by atoms with E-state index < -0.39 is 0 Å². The first-order chi connectivity index (χ1) is 9.34. The van der Waals surface area contributed by atoms with E-state index in [-0.39, 0.29) is 0 Å². The predicted molar refractivity (Wildman–Crippen MR) is 80.6 cm³/mol. The second kappa shape index (κ2) is 3.90. The van der Waals surface area contributed by atoms with E-state index in [1.54, 1.807) is 0 Å². The molecule has 0 saturated heterocycles. The molecule has 0 amide bonds. The number of aromatic nitrogens is 2. The Bertz CT molecular complexity index is 886. The molecule has 2 heterocycles. The van der Waals surface area contributed by atoms with Crippen molar-refractivity contribution < 1.29 is 0 Å². The largest absolute Gasteiger partial charge is 0.361 e. The van der Waals surface area contributed by atoms with Crippen LogP contribution in [0, 0.1) is 0 Å². The standard InChI is InChI=1S/C16H11ClN2/c17-14-6-3-5-11-13(9-19-16(11)14)12-8-18-15-7-2-1-4-10(12)15/h1-9,18-19H. The number of benzene rings is 2. The third-order valence-corrected chi connectivity index (χ3v) is 3.86. The average Bonchev–Trinajstić information content (AvgIpc) is 3.02. The molecule has 4 rings (SSSR count). The molecule has 0 aliphatic carbocycles. The van der Waals surface area contributed by atoms with Crippen LogP contribution >= 0.6 is 11.6 Å². The third kappa shape index (κ3) is 1.50. The minimum Gasteiger partial charge on any atom is -0.361 e. The van der Waals surface area contributed by atoms with Crippen molar-refractivity contribution in [3.63, 3.8) is 0 Å². The van der Waals surface area contributed by atoms with Crippen LogP contribution in [0.3, 0.4) is 0 Å². The quantitative estimate of drug-likeness (QED) is 0.487. The van der Waals surface area contributed by atoms with Crippen LogP contribution in [0.4, 0.5) is 0 Å². The minimum absolute atomic E-state index is 0.753. The summed E-state index contributed by atoms with van der Waals surface area (Å²) in [7, 11) is 0. The van der Waals surface area contributed by atoms with Crippen molar-refractivity contribution in [1.29, 1.82) is 0 Å². The number of fused-ring (bicyclic) bond motifs is 2. The van der Waals surface area contributed by atoms with Gasteiger partial charge in [0.1, 0.15) is 0 Å². The van der Waals surface area contributed by atoms with Gasteiger partial charge in [-0.2, -0.15) is 0 Å². The fourth-order valence-corrected chi connectivity index (χ4v) is 2.86. The highest BCUT2D eigenvalue weighted by Crippen LogP contribution is 2.35. The molecule has 3 heteroatoms. The fraction of sp³-hybridized carbons (Fsp3) is 0. The molecule has 0 fully saturated rings. The van der Waals surface area contributed by atoms with Crippen LogP contribution < -0.4 is 0 Å². The maximum Gasteiger partial charge on any atom is 0.0649 e. The van der Waals surface area contributed by atoms with Gasteiger partial charge < -0.3 is 9.97 Å². The molecule has 92 valence electrons. The summed E-state index contributed by atoms with van der Waals surface area (Å²) >= 11 is 6.21. The van der Waals surface area contributed by atoms with Crippen molar-refractivity contribution in [3.8, 4) is 11.1 Å². The Hall–Kier alpha value is -2.19. The lowest BCUT2D eigenvalue weighted by molar-refractivity contribution is 1.46. The van der Waals surface area contributed by atoms with Crippen molar-refractivity contribution in [2.45, 2.75) is 0 Å². The van der Waals surface area contributed by atoms with E-state index >= 15 is 0 Å². The molecule has 0 bridgehead atoms. The van der Waals surface area contributed by atoms with E-state index in [0.717, 1.165) is 21.4 Å². The van der Waals surface area contributed by atoms with Crippen molar-refractivity contribution >= 4 is 33.4 Å². The topological polar surface area (TPSA) is 31.6 Å². The van der Waals surface area contributed by atoms with Crippen LogP contribution in [0.25, 0.3) is 32.9 Å². The van der Waals surface area contributed by atoms with Crippen LogP contribution in [0.5, 0.6) is 0 Å². The van der Waals surface area contributed by atoms with Gasteiger partial charge in [0.2, 0.25) is 0 Å². The van der Waals surface area contributed by atoms with E-state index in [1.165, 1.54) is 16.5 Å². The summed E-state index contributed by atoms with van der Waals surface area (Å²) in [6.45, 7) is 0. The summed E-state index contributed by atoms with van der Waals surface area (Å²) in [6.07, 6.45) is 4.07. The Labute approximate surface area is 115 Å². The molecule has 2 aromatic carbocycles. The molecule has 0 aliphatic heterocycles. The summed E-state index contributed by atoms with van der Waals surface area (Å²) < 4.78 is 0. The molecular formula is C16H11ClN2. The molecular weight excluding hydrogens is 256 g/mol. The van der Waals surface area contributed by atoms with Gasteiger partial charge in [0.25, 0.3) is 0 Å². The lowest BCUT2D eigenvalue weighted by Gasteiger charge is -1.98. The third-order valence-electron chi connectivity index (χ3n) is 3.54. The average molecular weight is 267 g/mol. The van der Waals surface area contributed by atoms with Crippen LogP contribution in [0.2, 0.25) is 5.02 Å². The number of para-hydroxylation sites is 2. The summed E-state index contributed by atoms with van der Waals surface area (Å²) in [5, 5.41) is 3.13. The summed E-state index contributed by atoms with van der Waals surface area (Å²) in [5.41, 5.74) is 4.51. The Morgan fingerprint density at radius 2 is 1.47 bits per heavy atom. The maximum absolute atomic E-state index is 6.21. The highest BCUT2D eigenvalue weighted by atomic mass is 35.5. The van der Waals surface area contributed by atoms with Gasteiger partial charge in [-0.25, -0.2) is 0 Å². The smallest absolute Gasteiger partial charge is 0.0649 e. The molecule has 4 aromatic rings. The first-order valence-electron chi connectivity index (χ1n) is 6.17. The molecule has 0 radical (unpaired) electrons. The normalized spacial score (nSPS) is 11.4. The molecule has 0 aliphatic rings. The van der Waals surface area contributed by atoms with E-state index in [0.29, 0.717) is 0 Å². The predicted octanol–water partition coefficient (Wildman–Crippen LogP) is 4.97. The van der Waals surface area contributed by atoms with Gasteiger partial charge in [0.05, 0.1) is 10.5 Å². The Balaban J connectivity index is 2.07. The second-order valence-corrected chi connectivity index (χ2v) is 5.02. The lowest BCUT2D eigenvalue weighted by Crippen LogP contribution is -1.73. The van der Waals surface area contributed by atoms with Crippen molar-refractivity contribution in [1.82, 2.24) is 9.97 Å². The van der Waals surface area contributed by atoms with Crippen LogP contribution in [0.15, 0.2) is 54.9 Å². The molecule has 19 heavy (non-hydrogen) atoms. The minimum atomic E-state index is 0.753. The molecule has 0 unspecified atom stereocenters. The number of halogens is 1. The SMILES string of the molecule is Clc1cccc2c(-c3c[nH]c4ccccc34)c[nH]c12. The van der Waals surface area contributed by atoms with Gasteiger partial charge in [-0.05, 0) is 12.1 Å². The van der Waals surface area contributed by atoms with Gasteiger partial charge >= 0.3 is 0 Å². The molecule has 2 aromatic heterocycles. The van der Waals surface area contributed by atoms with E-state index in [9.17, 15) is 0 Å². The number of rotatable bonds is 1. The zero-order valence-electron chi connectivity index (χ0n) is 10.1. The van der Waals surface area contributed by atoms with Crippen LogP contribution in [0.1, 0.15) is 0 Å². The van der Waals surface area contributed by atoms with Gasteiger partial charge in [-0.1, -0.05) is 41.9 Å². The van der Waals surface area contributed by atoms with Crippen LogP contribution in [-0.4, -0.2) is 9.97 Å². The summed E-state index contributed by atoms with van der Waals surface area (Å²) in [4.78, 5) is 6.57. The van der Waals surface area contributed by atoms with Gasteiger partial charge in [0.15, 0.2) is 0 Å². The molecule has 2 N–H and O–H groups in total. The van der Waals surface area contributed by atoms with Gasteiger partial charge in [-0.3, -0.25) is 0 Å².